The van der Waals surface area contributed by atoms with E-state index in [0.717, 1.165) is 63.7 Å². The summed E-state index contributed by atoms with van der Waals surface area (Å²) < 4.78 is 0.565. The van der Waals surface area contributed by atoms with Crippen molar-refractivity contribution in [2.45, 2.75) is 56.7 Å². The highest BCUT2D eigenvalue weighted by molar-refractivity contribution is 5.92. The summed E-state index contributed by atoms with van der Waals surface area (Å²) in [7, 11) is 4.36. The molecule has 1 saturated heterocycles. The number of Topliss-reactive ketones (excluding diaryl/α,β-unsaturated/α-hetero) is 1. The highest BCUT2D eigenvalue weighted by Crippen LogP contribution is 2.44. The van der Waals surface area contributed by atoms with Gasteiger partial charge in [0.15, 0.2) is 11.6 Å². The molecule has 4 nitrogen and oxygen atoms in total. The molecule has 2 aliphatic rings. The Morgan fingerprint density at radius 3 is 2.12 bits per heavy atom. The number of carbonyl (C=O) groups is 1. The molecule has 1 saturated carbocycles. The SMILES string of the molecule is C[N+](C)(Cc1ccccc1)C(C(=O)C(O)(c1ccccc1)C1CCCC1)C1CCNCC1. The van der Waals surface area contributed by atoms with Crippen LogP contribution in [0.25, 0.3) is 0 Å². The van der Waals surface area contributed by atoms with Crippen LogP contribution >= 0.6 is 0 Å². The zero-order valence-electron chi connectivity index (χ0n) is 19.7. The molecule has 2 aromatic rings. The van der Waals surface area contributed by atoms with Crippen LogP contribution in [0.5, 0.6) is 0 Å². The van der Waals surface area contributed by atoms with Crippen LogP contribution in [-0.4, -0.2) is 48.6 Å². The molecule has 0 bridgehead atoms. The van der Waals surface area contributed by atoms with Crippen molar-refractivity contribution in [2.75, 3.05) is 27.2 Å². The average molecular weight is 436 g/mol. The minimum atomic E-state index is -1.42. The Morgan fingerprint density at radius 1 is 0.969 bits per heavy atom. The second kappa shape index (κ2) is 9.86. The standard InChI is InChI=1S/C28H39N2O2/c1-30(2,21-22-11-5-3-6-12-22)26(23-17-19-29-20-18-23)27(31)28(32,25-15-9-10-16-25)24-13-7-4-8-14-24/h3-8,11-14,23,25-26,29,32H,9-10,15-21H2,1-2H3/q+1. The first-order valence-electron chi connectivity index (χ1n) is 12.3. The quantitative estimate of drug-likeness (QED) is 0.609. The van der Waals surface area contributed by atoms with Gasteiger partial charge in [-0.1, -0.05) is 73.5 Å². The van der Waals surface area contributed by atoms with Gasteiger partial charge in [0.1, 0.15) is 6.54 Å². The van der Waals surface area contributed by atoms with Gasteiger partial charge in [-0.15, -0.1) is 0 Å². The van der Waals surface area contributed by atoms with Gasteiger partial charge in [0.05, 0.1) is 14.1 Å². The monoisotopic (exact) mass is 435 g/mol. The van der Waals surface area contributed by atoms with E-state index in [-0.39, 0.29) is 23.7 Å². The summed E-state index contributed by atoms with van der Waals surface area (Å²) in [5.74, 6) is 0.292. The van der Waals surface area contributed by atoms with Crippen LogP contribution < -0.4 is 5.32 Å². The van der Waals surface area contributed by atoms with Gasteiger partial charge in [0.25, 0.3) is 0 Å². The number of ketones is 1. The van der Waals surface area contributed by atoms with Crippen LogP contribution in [0.1, 0.15) is 49.7 Å². The molecular weight excluding hydrogens is 396 g/mol. The number of aliphatic hydroxyl groups is 1. The summed E-state index contributed by atoms with van der Waals surface area (Å²) in [5, 5.41) is 15.8. The van der Waals surface area contributed by atoms with Crippen molar-refractivity contribution in [3.63, 3.8) is 0 Å². The number of quaternary nitrogens is 1. The lowest BCUT2D eigenvalue weighted by Gasteiger charge is -2.46. The Bertz CT molecular complexity index is 871. The molecule has 0 aromatic heterocycles. The van der Waals surface area contributed by atoms with E-state index in [1.54, 1.807) is 0 Å². The summed E-state index contributed by atoms with van der Waals surface area (Å²) in [6, 6.07) is 20.0. The van der Waals surface area contributed by atoms with Gasteiger partial charge in [0, 0.05) is 11.5 Å². The number of nitrogens with zero attached hydrogens (tertiary/aromatic N) is 1. The third-order valence-electron chi connectivity index (χ3n) is 7.82. The summed E-state index contributed by atoms with van der Waals surface area (Å²) in [4.78, 5) is 14.6. The molecule has 172 valence electrons. The van der Waals surface area contributed by atoms with Crippen molar-refractivity contribution < 1.29 is 14.4 Å². The molecule has 1 aliphatic heterocycles. The molecule has 2 N–H and O–H groups in total. The number of hydrogen-bond donors (Lipinski definition) is 2. The Kier molecular flexibility index (Phi) is 7.14. The van der Waals surface area contributed by atoms with Crippen LogP contribution in [0.2, 0.25) is 0 Å². The van der Waals surface area contributed by atoms with E-state index in [0.29, 0.717) is 4.48 Å². The van der Waals surface area contributed by atoms with E-state index in [9.17, 15) is 9.90 Å². The van der Waals surface area contributed by atoms with Crippen LogP contribution in [0, 0.1) is 11.8 Å². The fourth-order valence-electron chi connectivity index (χ4n) is 6.25. The lowest BCUT2D eigenvalue weighted by molar-refractivity contribution is -0.923. The topological polar surface area (TPSA) is 49.3 Å². The predicted molar refractivity (Wildman–Crippen MR) is 129 cm³/mol. The van der Waals surface area contributed by atoms with E-state index in [2.05, 4.69) is 43.7 Å². The fraction of sp³-hybridized carbons (Fsp3) is 0.536. The van der Waals surface area contributed by atoms with E-state index < -0.39 is 5.60 Å². The summed E-state index contributed by atoms with van der Waals surface area (Å²) >= 11 is 0. The lowest BCUT2D eigenvalue weighted by Crippen LogP contribution is -2.62. The Morgan fingerprint density at radius 2 is 1.53 bits per heavy atom. The zero-order chi connectivity index (χ0) is 22.6. The van der Waals surface area contributed by atoms with Gasteiger partial charge in [-0.3, -0.25) is 4.79 Å². The van der Waals surface area contributed by atoms with Gasteiger partial charge in [0.2, 0.25) is 5.78 Å². The summed E-state index contributed by atoms with van der Waals surface area (Å²) in [6.07, 6.45) is 5.97. The van der Waals surface area contributed by atoms with Crippen LogP contribution in [0.3, 0.4) is 0 Å². The van der Waals surface area contributed by atoms with Crippen molar-refractivity contribution in [2.24, 2.45) is 11.8 Å². The number of piperidine rings is 1. The Balaban J connectivity index is 1.75. The van der Waals surface area contributed by atoms with Crippen molar-refractivity contribution in [1.82, 2.24) is 5.32 Å². The molecule has 1 aliphatic carbocycles. The minimum absolute atomic E-state index is 0.00154. The van der Waals surface area contributed by atoms with E-state index in [4.69, 9.17) is 0 Å². The van der Waals surface area contributed by atoms with Crippen LogP contribution in [0.4, 0.5) is 0 Å². The number of carbonyl (C=O) groups excluding carboxylic acids is 1. The van der Waals surface area contributed by atoms with Gasteiger partial charge < -0.3 is 14.9 Å². The van der Waals surface area contributed by atoms with Crippen molar-refractivity contribution in [3.05, 3.63) is 71.8 Å². The highest BCUT2D eigenvalue weighted by Gasteiger charge is 2.54. The predicted octanol–water partition coefficient (Wildman–Crippen LogP) is 4.28. The smallest absolute Gasteiger partial charge is 0.226 e. The molecule has 2 aromatic carbocycles. The summed E-state index contributed by atoms with van der Waals surface area (Å²) in [5.41, 5.74) is 0.586. The number of hydrogen-bond acceptors (Lipinski definition) is 3. The third kappa shape index (κ3) is 4.68. The number of rotatable bonds is 8. The highest BCUT2D eigenvalue weighted by atomic mass is 16.3. The maximum atomic E-state index is 14.6. The molecular formula is C28H39N2O2+. The average Bonchev–Trinajstić information content (AvgIpc) is 3.35. The molecule has 0 radical (unpaired) electrons. The fourth-order valence-corrected chi connectivity index (χ4v) is 6.25. The zero-order valence-corrected chi connectivity index (χ0v) is 19.7. The van der Waals surface area contributed by atoms with Crippen molar-refractivity contribution >= 4 is 5.78 Å². The lowest BCUT2D eigenvalue weighted by atomic mass is 9.71. The first-order chi connectivity index (χ1) is 15.4. The second-order valence-electron chi connectivity index (χ2n) is 10.4. The molecule has 0 amide bonds. The van der Waals surface area contributed by atoms with E-state index >= 15 is 0 Å². The molecule has 0 spiro atoms. The normalized spacial score (nSPS) is 21.2. The summed E-state index contributed by atoms with van der Waals surface area (Å²) in [6.45, 7) is 2.65. The Labute approximate surface area is 193 Å². The first-order valence-corrected chi connectivity index (χ1v) is 12.3. The van der Waals surface area contributed by atoms with E-state index in [1.165, 1.54) is 5.56 Å². The maximum Gasteiger partial charge on any atom is 0.226 e. The molecule has 2 fully saturated rings. The van der Waals surface area contributed by atoms with Crippen molar-refractivity contribution in [1.29, 1.82) is 0 Å². The van der Waals surface area contributed by atoms with Gasteiger partial charge in [-0.2, -0.15) is 0 Å². The maximum absolute atomic E-state index is 14.6. The Hall–Kier alpha value is -2.01. The van der Waals surface area contributed by atoms with Gasteiger partial charge in [-0.05, 0) is 50.3 Å². The van der Waals surface area contributed by atoms with Gasteiger partial charge in [-0.25, -0.2) is 0 Å². The van der Waals surface area contributed by atoms with E-state index in [1.807, 2.05) is 36.4 Å². The third-order valence-corrected chi connectivity index (χ3v) is 7.82. The van der Waals surface area contributed by atoms with Crippen molar-refractivity contribution in [3.8, 4) is 0 Å². The molecule has 2 unspecified atom stereocenters. The number of benzene rings is 2. The second-order valence-corrected chi connectivity index (χ2v) is 10.4. The molecule has 2 atom stereocenters. The molecule has 4 heteroatoms. The first kappa shape index (κ1) is 23.2. The van der Waals surface area contributed by atoms with Gasteiger partial charge >= 0.3 is 0 Å². The molecule has 4 rings (SSSR count). The molecule has 1 heterocycles. The van der Waals surface area contributed by atoms with Crippen LogP contribution in [0.15, 0.2) is 60.7 Å². The largest absolute Gasteiger partial charge is 0.377 e. The van der Waals surface area contributed by atoms with Crippen LogP contribution in [-0.2, 0) is 16.9 Å². The minimum Gasteiger partial charge on any atom is -0.377 e. The number of nitrogens with one attached hydrogen (secondary N) is 1. The number of likely N-dealkylation sites (N-methyl/N-ethyl adjacent to an activating group) is 1. The molecule has 32 heavy (non-hydrogen) atoms.